The number of guanidine groups is 1. The molecule has 0 bridgehead atoms. The molecule has 138 valence electrons. The summed E-state index contributed by atoms with van der Waals surface area (Å²) in [6.07, 6.45) is 1.13. The Balaban J connectivity index is 1.44. The first kappa shape index (κ1) is 18.4. The van der Waals surface area contributed by atoms with Gasteiger partial charge in [0.25, 0.3) is 5.91 Å². The smallest absolute Gasteiger partial charge is 0.263 e. The van der Waals surface area contributed by atoms with Crippen LogP contribution in [0, 0.1) is 6.92 Å². The van der Waals surface area contributed by atoms with Crippen LogP contribution in [0.15, 0.2) is 40.8 Å². The molecule has 1 aliphatic heterocycles. The molecule has 1 atom stereocenters. The molecule has 26 heavy (non-hydrogen) atoms. The van der Waals surface area contributed by atoms with E-state index in [-0.39, 0.29) is 5.91 Å². The molecule has 6 nitrogen and oxygen atoms in total. The highest BCUT2D eigenvalue weighted by atomic mass is 32.1. The van der Waals surface area contributed by atoms with Crippen molar-refractivity contribution >= 4 is 23.2 Å². The molecule has 3 rings (SSSR count). The Bertz CT molecular complexity index is 758. The van der Waals surface area contributed by atoms with Gasteiger partial charge in [-0.15, -0.1) is 11.3 Å². The maximum Gasteiger partial charge on any atom is 0.263 e. The number of aryl methyl sites for hydroxylation is 1. The van der Waals surface area contributed by atoms with Crippen LogP contribution >= 0.6 is 11.3 Å². The lowest BCUT2D eigenvalue weighted by Gasteiger charge is -2.22. The molecule has 2 aromatic rings. The third-order valence-electron chi connectivity index (χ3n) is 4.62. The van der Waals surface area contributed by atoms with Crippen LogP contribution in [0.25, 0.3) is 0 Å². The molecule has 1 amide bonds. The molecule has 1 unspecified atom stereocenters. The van der Waals surface area contributed by atoms with Crippen molar-refractivity contribution in [2.75, 3.05) is 33.2 Å². The number of carbonyl (C=O) groups excluding carboxylic acids is 1. The van der Waals surface area contributed by atoms with E-state index in [2.05, 4.69) is 55.8 Å². The van der Waals surface area contributed by atoms with E-state index in [0.29, 0.717) is 23.9 Å². The molecule has 0 radical (unpaired) electrons. The molecule has 1 aromatic heterocycles. The van der Waals surface area contributed by atoms with Crippen LogP contribution in [0.5, 0.6) is 0 Å². The number of hydrogen-bond donors (Lipinski definition) is 2. The molecule has 2 N–H and O–H groups in total. The van der Waals surface area contributed by atoms with Crippen LogP contribution in [-0.2, 0) is 0 Å². The van der Waals surface area contributed by atoms with Crippen molar-refractivity contribution < 1.29 is 4.79 Å². The Morgan fingerprint density at radius 2 is 2.08 bits per heavy atom. The number of nitrogens with one attached hydrogen (secondary N) is 2. The van der Waals surface area contributed by atoms with Gasteiger partial charge >= 0.3 is 0 Å². The molecule has 0 spiro atoms. The highest BCUT2D eigenvalue weighted by molar-refractivity contribution is 7.11. The quantitative estimate of drug-likeness (QED) is 0.480. The molecular weight excluding hydrogens is 346 g/mol. The van der Waals surface area contributed by atoms with Gasteiger partial charge in [-0.3, -0.25) is 9.79 Å². The predicted octanol–water partition coefficient (Wildman–Crippen LogP) is 2.25. The van der Waals surface area contributed by atoms with Gasteiger partial charge in [-0.1, -0.05) is 30.3 Å². The average molecular weight is 372 g/mol. The monoisotopic (exact) mass is 371 g/mol. The SMILES string of the molecule is CN=C(NCCNC(=O)c1scnc1C)N1CCC(c2ccccc2)C1. The van der Waals surface area contributed by atoms with Gasteiger partial charge in [-0.25, -0.2) is 4.98 Å². The first-order valence-corrected chi connectivity index (χ1v) is 9.76. The number of rotatable bonds is 5. The number of amides is 1. The number of benzene rings is 1. The number of thiazole rings is 1. The Labute approximate surface area is 158 Å². The Morgan fingerprint density at radius 1 is 1.31 bits per heavy atom. The standard InChI is InChI=1S/C19H25N5OS/c1-14-17(26-13-23-14)18(25)21-9-10-22-19(20-2)24-11-8-16(12-24)15-6-4-3-5-7-15/h3-7,13,16H,8-12H2,1-2H3,(H,20,22)(H,21,25). The van der Waals surface area contributed by atoms with Gasteiger partial charge in [0, 0.05) is 39.1 Å². The summed E-state index contributed by atoms with van der Waals surface area (Å²) in [7, 11) is 1.80. The van der Waals surface area contributed by atoms with Crippen molar-refractivity contribution in [1.82, 2.24) is 20.5 Å². The molecule has 0 aliphatic carbocycles. The normalized spacial score (nSPS) is 17.4. The summed E-state index contributed by atoms with van der Waals surface area (Å²) in [5, 5.41) is 6.27. The number of carbonyl (C=O) groups is 1. The van der Waals surface area contributed by atoms with Gasteiger partial charge in [-0.05, 0) is 18.9 Å². The highest BCUT2D eigenvalue weighted by Gasteiger charge is 2.25. The largest absolute Gasteiger partial charge is 0.354 e. The second-order valence-electron chi connectivity index (χ2n) is 6.34. The zero-order chi connectivity index (χ0) is 18.4. The molecule has 0 saturated carbocycles. The molecule has 1 fully saturated rings. The summed E-state index contributed by atoms with van der Waals surface area (Å²) in [6, 6.07) is 10.6. The topological polar surface area (TPSA) is 69.6 Å². The molecule has 1 saturated heterocycles. The third kappa shape index (κ3) is 4.40. The first-order valence-electron chi connectivity index (χ1n) is 8.88. The summed E-state index contributed by atoms with van der Waals surface area (Å²) in [4.78, 5) is 23.6. The van der Waals surface area contributed by atoms with Crippen LogP contribution in [0.4, 0.5) is 0 Å². The lowest BCUT2D eigenvalue weighted by Crippen LogP contribution is -2.43. The van der Waals surface area contributed by atoms with Crippen molar-refractivity contribution in [2.24, 2.45) is 4.99 Å². The maximum absolute atomic E-state index is 12.1. The molecule has 2 heterocycles. The second-order valence-corrected chi connectivity index (χ2v) is 7.19. The van der Waals surface area contributed by atoms with E-state index in [1.165, 1.54) is 16.9 Å². The fourth-order valence-electron chi connectivity index (χ4n) is 3.23. The van der Waals surface area contributed by atoms with Crippen molar-refractivity contribution in [3.05, 3.63) is 52.0 Å². The van der Waals surface area contributed by atoms with Gasteiger partial charge in [0.1, 0.15) is 4.88 Å². The molecule has 1 aromatic carbocycles. The number of aromatic nitrogens is 1. The Hall–Kier alpha value is -2.41. The number of likely N-dealkylation sites (tertiary alicyclic amines) is 1. The van der Waals surface area contributed by atoms with Crippen molar-refractivity contribution in [2.45, 2.75) is 19.3 Å². The minimum Gasteiger partial charge on any atom is -0.354 e. The van der Waals surface area contributed by atoms with Gasteiger partial charge in [0.05, 0.1) is 11.2 Å². The van der Waals surface area contributed by atoms with Gasteiger partial charge in [0.15, 0.2) is 5.96 Å². The summed E-state index contributed by atoms with van der Waals surface area (Å²) in [5.74, 6) is 1.38. The minimum atomic E-state index is -0.0629. The van der Waals surface area contributed by atoms with E-state index in [1.807, 2.05) is 6.92 Å². The molecular formula is C19H25N5OS. The predicted molar refractivity (Wildman–Crippen MR) is 106 cm³/mol. The fourth-order valence-corrected chi connectivity index (χ4v) is 3.95. The van der Waals surface area contributed by atoms with Crippen LogP contribution < -0.4 is 10.6 Å². The van der Waals surface area contributed by atoms with Gasteiger partial charge in [0.2, 0.25) is 0 Å². The van der Waals surface area contributed by atoms with E-state index in [1.54, 1.807) is 12.6 Å². The summed E-state index contributed by atoms with van der Waals surface area (Å²) in [6.45, 7) is 5.00. The number of hydrogen-bond acceptors (Lipinski definition) is 4. The van der Waals surface area contributed by atoms with Crippen LogP contribution in [0.2, 0.25) is 0 Å². The highest BCUT2D eigenvalue weighted by Crippen LogP contribution is 2.26. The maximum atomic E-state index is 12.1. The Morgan fingerprint density at radius 3 is 2.77 bits per heavy atom. The minimum absolute atomic E-state index is 0.0629. The van der Waals surface area contributed by atoms with E-state index in [9.17, 15) is 4.79 Å². The fraction of sp³-hybridized carbons (Fsp3) is 0.421. The average Bonchev–Trinajstić information content (AvgIpc) is 3.32. The zero-order valence-corrected chi connectivity index (χ0v) is 16.1. The van der Waals surface area contributed by atoms with Crippen molar-refractivity contribution in [1.29, 1.82) is 0 Å². The lowest BCUT2D eigenvalue weighted by molar-refractivity contribution is 0.0957. The zero-order valence-electron chi connectivity index (χ0n) is 15.2. The Kier molecular flexibility index (Phi) is 6.22. The van der Waals surface area contributed by atoms with E-state index < -0.39 is 0 Å². The summed E-state index contributed by atoms with van der Waals surface area (Å²) < 4.78 is 0. The number of aliphatic imine (C=N–C) groups is 1. The molecule has 7 heteroatoms. The van der Waals surface area contributed by atoms with Crippen LogP contribution in [0.1, 0.15) is 33.3 Å². The first-order chi connectivity index (χ1) is 12.7. The second kappa shape index (κ2) is 8.80. The molecule has 1 aliphatic rings. The van der Waals surface area contributed by atoms with E-state index >= 15 is 0 Å². The van der Waals surface area contributed by atoms with Gasteiger partial charge in [-0.2, -0.15) is 0 Å². The van der Waals surface area contributed by atoms with Gasteiger partial charge < -0.3 is 15.5 Å². The van der Waals surface area contributed by atoms with E-state index in [4.69, 9.17) is 0 Å². The van der Waals surface area contributed by atoms with Crippen molar-refractivity contribution in [3.63, 3.8) is 0 Å². The van der Waals surface area contributed by atoms with Crippen molar-refractivity contribution in [3.8, 4) is 0 Å². The van der Waals surface area contributed by atoms with E-state index in [0.717, 1.165) is 31.2 Å². The van der Waals surface area contributed by atoms with Crippen LogP contribution in [0.3, 0.4) is 0 Å². The summed E-state index contributed by atoms with van der Waals surface area (Å²) >= 11 is 1.37. The number of nitrogens with zero attached hydrogens (tertiary/aromatic N) is 3. The third-order valence-corrected chi connectivity index (χ3v) is 5.54. The van der Waals surface area contributed by atoms with Crippen LogP contribution in [-0.4, -0.2) is 55.0 Å². The summed E-state index contributed by atoms with van der Waals surface area (Å²) in [5.41, 5.74) is 3.86. The lowest BCUT2D eigenvalue weighted by atomic mass is 9.99.